The number of carbonyl (C=O) groups is 1. The molecule has 0 bridgehead atoms. The normalized spacial score (nSPS) is 18.2. The summed E-state index contributed by atoms with van der Waals surface area (Å²) in [5.74, 6) is 0.767. The van der Waals surface area contributed by atoms with E-state index in [1.165, 1.54) is 5.56 Å². The number of benzene rings is 1. The van der Waals surface area contributed by atoms with Gasteiger partial charge in [-0.25, -0.2) is 0 Å². The molecule has 0 fully saturated rings. The van der Waals surface area contributed by atoms with E-state index in [-0.39, 0.29) is 5.91 Å². The Morgan fingerprint density at radius 3 is 2.79 bits per heavy atom. The lowest BCUT2D eigenvalue weighted by Gasteiger charge is -2.33. The zero-order chi connectivity index (χ0) is 13.8. The van der Waals surface area contributed by atoms with Gasteiger partial charge in [0.25, 0.3) is 5.91 Å². The van der Waals surface area contributed by atoms with Crippen LogP contribution in [0.25, 0.3) is 0 Å². The molecule has 104 valence electrons. The molecular weight excluding hydrogens is 242 g/mol. The van der Waals surface area contributed by atoms with Gasteiger partial charge in [-0.1, -0.05) is 6.07 Å². The summed E-state index contributed by atoms with van der Waals surface area (Å²) in [5.41, 5.74) is 2.05. The second kappa shape index (κ2) is 6.04. The molecule has 5 heteroatoms. The summed E-state index contributed by atoms with van der Waals surface area (Å²) in [4.78, 5) is 13.9. The first-order valence-electron chi connectivity index (χ1n) is 6.57. The number of amides is 1. The summed E-state index contributed by atoms with van der Waals surface area (Å²) < 4.78 is 5.65. The van der Waals surface area contributed by atoms with Crippen LogP contribution in [0.5, 0.6) is 5.75 Å². The highest BCUT2D eigenvalue weighted by atomic mass is 16.5. The van der Waals surface area contributed by atoms with E-state index < -0.39 is 6.10 Å². The average Bonchev–Trinajstić information content (AvgIpc) is 2.42. The first-order chi connectivity index (χ1) is 9.17. The number of nitrogens with zero attached hydrogens (tertiary/aromatic N) is 1. The average molecular weight is 263 g/mol. The maximum absolute atomic E-state index is 12.2. The fourth-order valence-corrected chi connectivity index (χ4v) is 2.20. The fraction of sp³-hybridized carbons (Fsp3) is 0.500. The number of nitrogens with one attached hydrogen (secondary N) is 2. The van der Waals surface area contributed by atoms with Crippen molar-refractivity contribution in [1.29, 1.82) is 0 Å². The monoisotopic (exact) mass is 263 g/mol. The summed E-state index contributed by atoms with van der Waals surface area (Å²) in [6, 6.07) is 6.04. The standard InChI is InChI=1S/C14H21N3O2/c1-10-14(18)17(9-16-3)12-8-11(6-7-15-2)4-5-13(12)19-10/h4-5,8,10,15-16H,6-7,9H2,1-3H3. The fourth-order valence-electron chi connectivity index (χ4n) is 2.20. The van der Waals surface area contributed by atoms with Crippen LogP contribution in [0, 0.1) is 0 Å². The van der Waals surface area contributed by atoms with E-state index >= 15 is 0 Å². The van der Waals surface area contributed by atoms with E-state index in [1.54, 1.807) is 11.8 Å². The van der Waals surface area contributed by atoms with Crippen molar-refractivity contribution in [2.24, 2.45) is 0 Å². The second-order valence-corrected chi connectivity index (χ2v) is 4.69. The molecule has 0 aliphatic carbocycles. The van der Waals surface area contributed by atoms with Crippen molar-refractivity contribution < 1.29 is 9.53 Å². The van der Waals surface area contributed by atoms with Gasteiger partial charge < -0.3 is 15.4 Å². The first-order valence-corrected chi connectivity index (χ1v) is 6.57. The van der Waals surface area contributed by atoms with Gasteiger partial charge >= 0.3 is 0 Å². The molecule has 1 unspecified atom stereocenters. The number of carbonyl (C=O) groups excluding carboxylic acids is 1. The van der Waals surface area contributed by atoms with Gasteiger partial charge in [0, 0.05) is 0 Å². The molecule has 2 rings (SSSR count). The third kappa shape index (κ3) is 2.88. The van der Waals surface area contributed by atoms with Crippen LogP contribution in [0.4, 0.5) is 5.69 Å². The lowest BCUT2D eigenvalue weighted by Crippen LogP contribution is -2.47. The number of ether oxygens (including phenoxy) is 1. The number of fused-ring (bicyclic) bond motifs is 1. The molecule has 2 N–H and O–H groups in total. The van der Waals surface area contributed by atoms with Crippen LogP contribution in [0.2, 0.25) is 0 Å². The van der Waals surface area contributed by atoms with E-state index in [1.807, 2.05) is 26.2 Å². The molecule has 1 atom stereocenters. The number of hydrogen-bond acceptors (Lipinski definition) is 4. The van der Waals surface area contributed by atoms with Gasteiger partial charge in [0.1, 0.15) is 5.75 Å². The molecule has 1 aliphatic heterocycles. The van der Waals surface area contributed by atoms with Crippen LogP contribution in [-0.4, -0.2) is 39.3 Å². The third-order valence-corrected chi connectivity index (χ3v) is 3.21. The number of rotatable bonds is 5. The van der Waals surface area contributed by atoms with Crippen molar-refractivity contribution in [2.75, 3.05) is 32.2 Å². The molecule has 0 saturated carbocycles. The Labute approximate surface area is 113 Å². The number of anilines is 1. The zero-order valence-electron chi connectivity index (χ0n) is 11.7. The lowest BCUT2D eigenvalue weighted by molar-refractivity contribution is -0.125. The molecule has 1 aliphatic rings. The van der Waals surface area contributed by atoms with Gasteiger partial charge in [-0.15, -0.1) is 0 Å². The molecule has 1 aromatic rings. The van der Waals surface area contributed by atoms with E-state index in [9.17, 15) is 4.79 Å². The number of hydrogen-bond donors (Lipinski definition) is 2. The Kier molecular flexibility index (Phi) is 4.39. The quantitative estimate of drug-likeness (QED) is 0.823. The zero-order valence-corrected chi connectivity index (χ0v) is 11.7. The van der Waals surface area contributed by atoms with Crippen LogP contribution in [0.3, 0.4) is 0 Å². The van der Waals surface area contributed by atoms with E-state index in [2.05, 4.69) is 16.7 Å². The second-order valence-electron chi connectivity index (χ2n) is 4.69. The first kappa shape index (κ1) is 13.8. The summed E-state index contributed by atoms with van der Waals surface area (Å²) in [6.45, 7) is 3.19. The predicted octanol–water partition coefficient (Wildman–Crippen LogP) is 0.739. The molecular formula is C14H21N3O2. The van der Waals surface area contributed by atoms with Gasteiger partial charge in [-0.2, -0.15) is 0 Å². The van der Waals surface area contributed by atoms with Crippen molar-refractivity contribution in [3.05, 3.63) is 23.8 Å². The largest absolute Gasteiger partial charge is 0.479 e. The van der Waals surface area contributed by atoms with Crippen LogP contribution < -0.4 is 20.3 Å². The van der Waals surface area contributed by atoms with Crippen molar-refractivity contribution in [1.82, 2.24) is 10.6 Å². The van der Waals surface area contributed by atoms with E-state index in [4.69, 9.17) is 4.74 Å². The predicted molar refractivity (Wildman–Crippen MR) is 75.6 cm³/mol. The smallest absolute Gasteiger partial charge is 0.268 e. The van der Waals surface area contributed by atoms with Gasteiger partial charge in [-0.05, 0) is 51.7 Å². The van der Waals surface area contributed by atoms with E-state index in [0.717, 1.165) is 24.4 Å². The summed E-state index contributed by atoms with van der Waals surface area (Å²) in [7, 11) is 3.76. The summed E-state index contributed by atoms with van der Waals surface area (Å²) in [6.07, 6.45) is 0.505. The summed E-state index contributed by atoms with van der Waals surface area (Å²) >= 11 is 0. The molecule has 1 aromatic carbocycles. The topological polar surface area (TPSA) is 53.6 Å². The van der Waals surface area contributed by atoms with Crippen molar-refractivity contribution in [2.45, 2.75) is 19.4 Å². The molecule has 5 nitrogen and oxygen atoms in total. The highest BCUT2D eigenvalue weighted by molar-refractivity contribution is 5.99. The molecule has 0 aromatic heterocycles. The van der Waals surface area contributed by atoms with Crippen molar-refractivity contribution >= 4 is 11.6 Å². The molecule has 1 amide bonds. The van der Waals surface area contributed by atoms with Crippen LogP contribution >= 0.6 is 0 Å². The number of likely N-dealkylation sites (N-methyl/N-ethyl adjacent to an activating group) is 1. The maximum atomic E-state index is 12.2. The van der Waals surface area contributed by atoms with Gasteiger partial charge in [0.15, 0.2) is 6.10 Å². The van der Waals surface area contributed by atoms with E-state index in [0.29, 0.717) is 6.67 Å². The highest BCUT2D eigenvalue weighted by Crippen LogP contribution is 2.34. The molecule has 1 heterocycles. The molecule has 0 radical (unpaired) electrons. The van der Waals surface area contributed by atoms with Crippen molar-refractivity contribution in [3.8, 4) is 5.75 Å². The van der Waals surface area contributed by atoms with Crippen LogP contribution in [0.1, 0.15) is 12.5 Å². The van der Waals surface area contributed by atoms with Crippen LogP contribution in [-0.2, 0) is 11.2 Å². The minimum absolute atomic E-state index is 0.00684. The Morgan fingerprint density at radius 1 is 1.32 bits per heavy atom. The Bertz CT molecular complexity index is 462. The minimum Gasteiger partial charge on any atom is -0.479 e. The molecule has 19 heavy (non-hydrogen) atoms. The SMILES string of the molecule is CNCCc1ccc2c(c1)N(CNC)C(=O)C(C)O2. The Balaban J connectivity index is 2.31. The summed E-state index contributed by atoms with van der Waals surface area (Å²) in [5, 5.41) is 6.15. The van der Waals surface area contributed by atoms with Crippen molar-refractivity contribution in [3.63, 3.8) is 0 Å². The highest BCUT2D eigenvalue weighted by Gasteiger charge is 2.31. The van der Waals surface area contributed by atoms with Gasteiger partial charge in [-0.3, -0.25) is 9.69 Å². The Morgan fingerprint density at radius 2 is 2.11 bits per heavy atom. The van der Waals surface area contributed by atoms with Gasteiger partial charge in [0.05, 0.1) is 12.4 Å². The lowest BCUT2D eigenvalue weighted by atomic mass is 10.1. The third-order valence-electron chi connectivity index (χ3n) is 3.21. The van der Waals surface area contributed by atoms with Crippen LogP contribution in [0.15, 0.2) is 18.2 Å². The Hall–Kier alpha value is -1.59. The van der Waals surface area contributed by atoms with Gasteiger partial charge in [0.2, 0.25) is 0 Å². The molecule has 0 saturated heterocycles. The molecule has 0 spiro atoms. The maximum Gasteiger partial charge on any atom is 0.268 e. The minimum atomic E-state index is -0.427.